The van der Waals surface area contributed by atoms with Crippen LogP contribution in [0.25, 0.3) is 0 Å². The first-order valence-corrected chi connectivity index (χ1v) is 7.41. The van der Waals surface area contributed by atoms with Gasteiger partial charge in [0.2, 0.25) is 5.91 Å². The van der Waals surface area contributed by atoms with Gasteiger partial charge in [-0.3, -0.25) is 4.79 Å². The maximum Gasteiger partial charge on any atom is 0.249 e. The van der Waals surface area contributed by atoms with Gasteiger partial charge in [-0.1, -0.05) is 0 Å². The number of anilines is 1. The summed E-state index contributed by atoms with van der Waals surface area (Å²) >= 11 is 3.42. The van der Waals surface area contributed by atoms with Crippen LogP contribution in [0, 0.1) is 0 Å². The Hall–Kier alpha value is -1.07. The smallest absolute Gasteiger partial charge is 0.249 e. The van der Waals surface area contributed by atoms with E-state index in [1.165, 1.54) is 12.8 Å². The molecule has 1 amide bonds. The molecule has 0 spiro atoms. The van der Waals surface area contributed by atoms with E-state index >= 15 is 0 Å². The second kappa shape index (κ2) is 5.92. The van der Waals surface area contributed by atoms with E-state index in [4.69, 9.17) is 11.5 Å². The highest BCUT2D eigenvalue weighted by molar-refractivity contribution is 9.10. The number of carbonyl (C=O) groups is 1. The van der Waals surface area contributed by atoms with Crippen molar-refractivity contribution in [3.05, 3.63) is 28.2 Å². The fourth-order valence-corrected chi connectivity index (χ4v) is 3.41. The molecule has 1 aromatic carbocycles. The Morgan fingerprint density at radius 2 is 2.21 bits per heavy atom. The molecule has 0 bridgehead atoms. The van der Waals surface area contributed by atoms with Crippen LogP contribution in [0.1, 0.15) is 36.5 Å². The Bertz CT molecular complexity index is 478. The zero-order chi connectivity index (χ0) is 14.0. The van der Waals surface area contributed by atoms with Gasteiger partial charge in [-0.15, -0.1) is 0 Å². The van der Waals surface area contributed by atoms with Gasteiger partial charge in [0, 0.05) is 28.8 Å². The average Bonchev–Trinajstić information content (AvgIpc) is 2.37. The van der Waals surface area contributed by atoms with E-state index in [1.807, 2.05) is 12.1 Å². The van der Waals surface area contributed by atoms with Crippen molar-refractivity contribution >= 4 is 27.5 Å². The highest BCUT2D eigenvalue weighted by atomic mass is 79.9. The first-order valence-electron chi connectivity index (χ1n) is 6.62. The molecule has 0 radical (unpaired) electrons. The second-order valence-corrected chi connectivity index (χ2v) is 5.96. The summed E-state index contributed by atoms with van der Waals surface area (Å²) in [6, 6.07) is 6.53. The summed E-state index contributed by atoms with van der Waals surface area (Å²) in [4.78, 5) is 13.6. The number of hydrogen-bond donors (Lipinski definition) is 2. The Morgan fingerprint density at radius 3 is 2.79 bits per heavy atom. The largest absolute Gasteiger partial charge is 0.366 e. The predicted octanol–water partition coefficient (Wildman–Crippen LogP) is 2.25. The summed E-state index contributed by atoms with van der Waals surface area (Å²) in [5, 5.41) is 0. The summed E-state index contributed by atoms with van der Waals surface area (Å²) in [7, 11) is 0. The van der Waals surface area contributed by atoms with E-state index in [-0.39, 0.29) is 0 Å². The van der Waals surface area contributed by atoms with Gasteiger partial charge in [0.05, 0.1) is 5.56 Å². The SMILES string of the molecule is CC1CCCC(CN)N1c1ccc(C(N)=O)c(Br)c1. The maximum absolute atomic E-state index is 11.3. The van der Waals surface area contributed by atoms with Crippen molar-refractivity contribution in [1.29, 1.82) is 0 Å². The van der Waals surface area contributed by atoms with Crippen molar-refractivity contribution in [2.45, 2.75) is 38.3 Å². The number of nitrogens with two attached hydrogens (primary N) is 2. The Morgan fingerprint density at radius 1 is 1.47 bits per heavy atom. The molecule has 1 heterocycles. The number of benzene rings is 1. The van der Waals surface area contributed by atoms with Crippen LogP contribution in [0.5, 0.6) is 0 Å². The number of nitrogens with zero attached hydrogens (tertiary/aromatic N) is 1. The summed E-state index contributed by atoms with van der Waals surface area (Å²) in [5.41, 5.74) is 12.8. The van der Waals surface area contributed by atoms with Gasteiger partial charge in [-0.05, 0) is 60.3 Å². The molecule has 1 aliphatic heterocycles. The molecule has 19 heavy (non-hydrogen) atoms. The molecule has 4 nitrogen and oxygen atoms in total. The molecular weight excluding hydrogens is 306 g/mol. The van der Waals surface area contributed by atoms with Gasteiger partial charge in [0.25, 0.3) is 0 Å². The van der Waals surface area contributed by atoms with Crippen molar-refractivity contribution in [3.63, 3.8) is 0 Å². The monoisotopic (exact) mass is 325 g/mol. The van der Waals surface area contributed by atoms with Crippen LogP contribution < -0.4 is 16.4 Å². The van der Waals surface area contributed by atoms with Crippen LogP contribution in [0.2, 0.25) is 0 Å². The quantitative estimate of drug-likeness (QED) is 0.895. The minimum absolute atomic E-state index is 0.370. The molecule has 2 rings (SSSR count). The lowest BCUT2D eigenvalue weighted by molar-refractivity contribution is 0.0999. The third-order valence-electron chi connectivity index (χ3n) is 3.82. The van der Waals surface area contributed by atoms with E-state index in [9.17, 15) is 4.79 Å². The van der Waals surface area contributed by atoms with Crippen LogP contribution in [-0.4, -0.2) is 24.5 Å². The van der Waals surface area contributed by atoms with Crippen molar-refractivity contribution in [1.82, 2.24) is 0 Å². The summed E-state index contributed by atoms with van der Waals surface area (Å²) in [6.45, 7) is 2.87. The number of piperidine rings is 1. The molecule has 1 fully saturated rings. The molecule has 2 unspecified atom stereocenters. The van der Waals surface area contributed by atoms with E-state index in [0.717, 1.165) is 16.6 Å². The van der Waals surface area contributed by atoms with E-state index in [0.29, 0.717) is 24.2 Å². The molecule has 1 saturated heterocycles. The van der Waals surface area contributed by atoms with Crippen molar-refractivity contribution < 1.29 is 4.79 Å². The van der Waals surface area contributed by atoms with Crippen LogP contribution >= 0.6 is 15.9 Å². The second-order valence-electron chi connectivity index (χ2n) is 5.11. The number of primary amides is 1. The van der Waals surface area contributed by atoms with Gasteiger partial charge >= 0.3 is 0 Å². The minimum Gasteiger partial charge on any atom is -0.366 e. The maximum atomic E-state index is 11.3. The summed E-state index contributed by atoms with van der Waals surface area (Å²) in [5.74, 6) is -0.416. The Balaban J connectivity index is 2.34. The highest BCUT2D eigenvalue weighted by Gasteiger charge is 2.27. The Kier molecular flexibility index (Phi) is 4.47. The molecular formula is C14H20BrN3O. The molecule has 1 aromatic rings. The van der Waals surface area contributed by atoms with E-state index in [1.54, 1.807) is 6.07 Å². The molecule has 5 heteroatoms. The van der Waals surface area contributed by atoms with Gasteiger partial charge in [-0.25, -0.2) is 0 Å². The normalized spacial score (nSPS) is 23.4. The Labute approximate surface area is 122 Å². The van der Waals surface area contributed by atoms with Crippen LogP contribution in [0.3, 0.4) is 0 Å². The minimum atomic E-state index is -0.416. The molecule has 0 saturated carbocycles. The van der Waals surface area contributed by atoms with Gasteiger partial charge < -0.3 is 16.4 Å². The lowest BCUT2D eigenvalue weighted by Gasteiger charge is -2.42. The number of halogens is 1. The summed E-state index contributed by atoms with van der Waals surface area (Å²) in [6.07, 6.45) is 3.52. The summed E-state index contributed by atoms with van der Waals surface area (Å²) < 4.78 is 0.742. The molecule has 2 atom stereocenters. The molecule has 0 aromatic heterocycles. The number of rotatable bonds is 3. The predicted molar refractivity (Wildman–Crippen MR) is 81.3 cm³/mol. The van der Waals surface area contributed by atoms with Crippen molar-refractivity contribution in [3.8, 4) is 0 Å². The lowest BCUT2D eigenvalue weighted by atomic mass is 9.95. The van der Waals surface area contributed by atoms with Gasteiger partial charge in [-0.2, -0.15) is 0 Å². The third-order valence-corrected chi connectivity index (χ3v) is 4.47. The molecule has 0 aliphatic carbocycles. The highest BCUT2D eigenvalue weighted by Crippen LogP contribution is 2.31. The van der Waals surface area contributed by atoms with E-state index in [2.05, 4.69) is 27.8 Å². The van der Waals surface area contributed by atoms with Crippen LogP contribution in [0.4, 0.5) is 5.69 Å². The molecule has 104 valence electrons. The third kappa shape index (κ3) is 2.92. The standard InChI is InChI=1S/C14H20BrN3O/c1-9-3-2-4-11(8-16)18(9)10-5-6-12(14(17)19)13(15)7-10/h5-7,9,11H,2-4,8,16H2,1H3,(H2,17,19). The van der Waals surface area contributed by atoms with Gasteiger partial charge in [0.1, 0.15) is 0 Å². The first-order chi connectivity index (χ1) is 9.04. The fourth-order valence-electron chi connectivity index (χ4n) is 2.85. The number of amides is 1. The van der Waals surface area contributed by atoms with Gasteiger partial charge in [0.15, 0.2) is 0 Å². The average molecular weight is 326 g/mol. The number of hydrogen-bond acceptors (Lipinski definition) is 3. The topological polar surface area (TPSA) is 72.3 Å². The van der Waals surface area contributed by atoms with Crippen LogP contribution in [0.15, 0.2) is 22.7 Å². The fraction of sp³-hybridized carbons (Fsp3) is 0.500. The molecule has 1 aliphatic rings. The van der Waals surface area contributed by atoms with Crippen molar-refractivity contribution in [2.24, 2.45) is 11.5 Å². The van der Waals surface area contributed by atoms with Crippen LogP contribution in [-0.2, 0) is 0 Å². The lowest BCUT2D eigenvalue weighted by Crippen LogP contribution is -2.49. The van der Waals surface area contributed by atoms with E-state index < -0.39 is 5.91 Å². The molecule has 4 N–H and O–H groups in total. The number of carbonyl (C=O) groups excluding carboxylic acids is 1. The zero-order valence-corrected chi connectivity index (χ0v) is 12.7. The zero-order valence-electron chi connectivity index (χ0n) is 11.1. The first kappa shape index (κ1) is 14.3. The van der Waals surface area contributed by atoms with Crippen molar-refractivity contribution in [2.75, 3.05) is 11.4 Å².